The summed E-state index contributed by atoms with van der Waals surface area (Å²) in [7, 11) is 1.33. The molecule has 0 N–H and O–H groups in total. The summed E-state index contributed by atoms with van der Waals surface area (Å²) in [5.74, 6) is -1.11. The molecule has 1 saturated heterocycles. The third kappa shape index (κ3) is 6.13. The molecular formula is C24H28FN3O4. The number of ketones is 1. The van der Waals surface area contributed by atoms with Gasteiger partial charge in [0.25, 0.3) is 0 Å². The van der Waals surface area contributed by atoms with Crippen LogP contribution in [0.5, 0.6) is 0 Å². The van der Waals surface area contributed by atoms with E-state index in [4.69, 9.17) is 4.74 Å². The molecule has 2 aromatic carbocycles. The number of hydrogen-bond acceptors (Lipinski definition) is 6. The fourth-order valence-corrected chi connectivity index (χ4v) is 3.73. The number of halogens is 1. The SMILES string of the molecule is COC(=O)CN(CC(=O)N1CCN(c2ccc(C(C)=O)cc2F)CC1)Cc1ccccc1. The van der Waals surface area contributed by atoms with Crippen molar-refractivity contribution in [3.8, 4) is 0 Å². The third-order valence-corrected chi connectivity index (χ3v) is 5.52. The molecule has 170 valence electrons. The van der Waals surface area contributed by atoms with Gasteiger partial charge >= 0.3 is 5.97 Å². The normalized spacial score (nSPS) is 13.9. The summed E-state index contributed by atoms with van der Waals surface area (Å²) < 4.78 is 19.2. The van der Waals surface area contributed by atoms with Crippen LogP contribution in [0.3, 0.4) is 0 Å². The summed E-state index contributed by atoms with van der Waals surface area (Å²) in [6, 6.07) is 14.1. The fraction of sp³-hybridized carbons (Fsp3) is 0.375. The summed E-state index contributed by atoms with van der Waals surface area (Å²) >= 11 is 0. The highest BCUT2D eigenvalue weighted by atomic mass is 19.1. The molecule has 7 nitrogen and oxygen atoms in total. The van der Waals surface area contributed by atoms with E-state index < -0.39 is 11.8 Å². The minimum Gasteiger partial charge on any atom is -0.468 e. The highest BCUT2D eigenvalue weighted by molar-refractivity contribution is 5.94. The van der Waals surface area contributed by atoms with Crippen molar-refractivity contribution in [3.05, 3.63) is 65.5 Å². The molecule has 32 heavy (non-hydrogen) atoms. The van der Waals surface area contributed by atoms with Crippen molar-refractivity contribution in [2.24, 2.45) is 0 Å². The van der Waals surface area contributed by atoms with Crippen LogP contribution in [-0.2, 0) is 20.9 Å². The lowest BCUT2D eigenvalue weighted by atomic mass is 10.1. The number of hydrogen-bond donors (Lipinski definition) is 0. The highest BCUT2D eigenvalue weighted by Gasteiger charge is 2.25. The molecule has 0 radical (unpaired) electrons. The molecule has 0 aromatic heterocycles. The lowest BCUT2D eigenvalue weighted by Gasteiger charge is -2.37. The number of anilines is 1. The molecular weight excluding hydrogens is 413 g/mol. The van der Waals surface area contributed by atoms with Crippen LogP contribution in [0.1, 0.15) is 22.8 Å². The molecule has 0 unspecified atom stereocenters. The Hall–Kier alpha value is -3.26. The molecule has 0 saturated carbocycles. The first-order chi connectivity index (χ1) is 15.4. The molecule has 1 aliphatic rings. The average molecular weight is 442 g/mol. The van der Waals surface area contributed by atoms with Gasteiger partial charge in [0.05, 0.1) is 25.9 Å². The summed E-state index contributed by atoms with van der Waals surface area (Å²) in [6.45, 7) is 3.83. The van der Waals surface area contributed by atoms with Gasteiger partial charge in [0.2, 0.25) is 5.91 Å². The van der Waals surface area contributed by atoms with Crippen molar-refractivity contribution in [2.45, 2.75) is 13.5 Å². The van der Waals surface area contributed by atoms with Gasteiger partial charge in [-0.15, -0.1) is 0 Å². The van der Waals surface area contributed by atoms with Crippen LogP contribution in [0.25, 0.3) is 0 Å². The van der Waals surface area contributed by atoms with Crippen LogP contribution >= 0.6 is 0 Å². The van der Waals surface area contributed by atoms with Crippen molar-refractivity contribution >= 4 is 23.3 Å². The molecule has 1 heterocycles. The number of esters is 1. The molecule has 2 aromatic rings. The second kappa shape index (κ2) is 10.9. The van der Waals surface area contributed by atoms with Gasteiger partial charge in [0.15, 0.2) is 5.78 Å². The Bertz CT molecular complexity index is 959. The van der Waals surface area contributed by atoms with E-state index in [0.717, 1.165) is 5.56 Å². The van der Waals surface area contributed by atoms with Crippen molar-refractivity contribution < 1.29 is 23.5 Å². The second-order valence-electron chi connectivity index (χ2n) is 7.80. The summed E-state index contributed by atoms with van der Waals surface area (Å²) in [5, 5.41) is 0. The van der Waals surface area contributed by atoms with Crippen LogP contribution < -0.4 is 4.90 Å². The third-order valence-electron chi connectivity index (χ3n) is 5.52. The number of benzene rings is 2. The maximum Gasteiger partial charge on any atom is 0.319 e. The van der Waals surface area contributed by atoms with Crippen molar-refractivity contribution in [1.82, 2.24) is 9.80 Å². The first-order valence-electron chi connectivity index (χ1n) is 10.5. The van der Waals surface area contributed by atoms with Crippen LogP contribution in [-0.4, -0.2) is 73.8 Å². The Labute approximate surface area is 187 Å². The van der Waals surface area contributed by atoms with Gasteiger partial charge < -0.3 is 14.5 Å². The highest BCUT2D eigenvalue weighted by Crippen LogP contribution is 2.22. The van der Waals surface area contributed by atoms with Gasteiger partial charge in [-0.1, -0.05) is 30.3 Å². The number of ether oxygens (including phenoxy) is 1. The van der Waals surface area contributed by atoms with Crippen LogP contribution in [0, 0.1) is 5.82 Å². The zero-order chi connectivity index (χ0) is 23.1. The van der Waals surface area contributed by atoms with E-state index >= 15 is 0 Å². The van der Waals surface area contributed by atoms with Crippen LogP contribution in [0.2, 0.25) is 0 Å². The Morgan fingerprint density at radius 1 is 1.00 bits per heavy atom. The quantitative estimate of drug-likeness (QED) is 0.463. The van der Waals surface area contributed by atoms with Gasteiger partial charge in [-0.3, -0.25) is 19.3 Å². The molecule has 0 atom stereocenters. The molecule has 0 aliphatic carbocycles. The topological polar surface area (TPSA) is 70.2 Å². The number of Topliss-reactive ketones (excluding diaryl/α,β-unsaturated/α-hetero) is 1. The predicted molar refractivity (Wildman–Crippen MR) is 119 cm³/mol. The van der Waals surface area contributed by atoms with Crippen LogP contribution in [0.15, 0.2) is 48.5 Å². The number of carbonyl (C=O) groups is 3. The Balaban J connectivity index is 1.59. The predicted octanol–water partition coefficient (Wildman–Crippen LogP) is 2.35. The largest absolute Gasteiger partial charge is 0.468 e. The van der Waals surface area contributed by atoms with Gasteiger partial charge in [0, 0.05) is 38.3 Å². The Morgan fingerprint density at radius 2 is 1.69 bits per heavy atom. The van der Waals surface area contributed by atoms with Gasteiger partial charge in [0.1, 0.15) is 5.82 Å². The van der Waals surface area contributed by atoms with Crippen molar-refractivity contribution in [1.29, 1.82) is 0 Å². The second-order valence-corrected chi connectivity index (χ2v) is 7.80. The zero-order valence-electron chi connectivity index (χ0n) is 18.4. The molecule has 3 rings (SSSR count). The smallest absolute Gasteiger partial charge is 0.319 e. The lowest BCUT2D eigenvalue weighted by molar-refractivity contribution is -0.143. The first kappa shape index (κ1) is 23.4. The fourth-order valence-electron chi connectivity index (χ4n) is 3.73. The Kier molecular flexibility index (Phi) is 7.94. The minimum absolute atomic E-state index is 0.0187. The van der Waals surface area contributed by atoms with Crippen molar-refractivity contribution in [2.75, 3.05) is 51.3 Å². The van der Waals surface area contributed by atoms with E-state index in [-0.39, 0.29) is 24.8 Å². The summed E-state index contributed by atoms with van der Waals surface area (Å²) in [5.41, 5.74) is 1.76. The van der Waals surface area contributed by atoms with E-state index in [1.165, 1.54) is 20.1 Å². The van der Waals surface area contributed by atoms with Crippen molar-refractivity contribution in [3.63, 3.8) is 0 Å². The molecule has 0 bridgehead atoms. The lowest BCUT2D eigenvalue weighted by Crippen LogP contribution is -2.51. The van der Waals surface area contributed by atoms with E-state index in [1.54, 1.807) is 21.9 Å². The molecule has 1 fully saturated rings. The molecule has 8 heteroatoms. The van der Waals surface area contributed by atoms with E-state index in [9.17, 15) is 18.8 Å². The standard InChI is InChI=1S/C24H28FN3O4/c1-18(29)20-8-9-22(21(25)14-20)27-10-12-28(13-11-27)23(30)16-26(17-24(31)32-2)15-19-6-4-3-5-7-19/h3-9,14H,10-13,15-17H2,1-2H3. The van der Waals surface area contributed by atoms with Gasteiger partial charge in [-0.05, 0) is 30.7 Å². The maximum absolute atomic E-state index is 14.5. The number of amides is 1. The molecule has 0 spiro atoms. The van der Waals surface area contributed by atoms with Gasteiger partial charge in [-0.25, -0.2) is 4.39 Å². The van der Waals surface area contributed by atoms with E-state index in [1.807, 2.05) is 35.2 Å². The minimum atomic E-state index is -0.440. The van der Waals surface area contributed by atoms with E-state index in [0.29, 0.717) is 44.0 Å². The number of rotatable bonds is 8. The number of carbonyl (C=O) groups excluding carboxylic acids is 3. The average Bonchev–Trinajstić information content (AvgIpc) is 2.79. The molecule has 1 amide bonds. The zero-order valence-corrected chi connectivity index (χ0v) is 18.4. The first-order valence-corrected chi connectivity index (χ1v) is 10.5. The number of piperazine rings is 1. The summed E-state index contributed by atoms with van der Waals surface area (Å²) in [4.78, 5) is 41.5. The number of methoxy groups -OCH3 is 1. The monoisotopic (exact) mass is 441 g/mol. The summed E-state index contributed by atoms with van der Waals surface area (Å²) in [6.07, 6.45) is 0. The molecule has 1 aliphatic heterocycles. The maximum atomic E-state index is 14.5. The van der Waals surface area contributed by atoms with E-state index in [2.05, 4.69) is 0 Å². The number of nitrogens with zero attached hydrogens (tertiary/aromatic N) is 3. The van der Waals surface area contributed by atoms with Crippen LogP contribution in [0.4, 0.5) is 10.1 Å². The van der Waals surface area contributed by atoms with Gasteiger partial charge in [-0.2, -0.15) is 0 Å². The Morgan fingerprint density at radius 3 is 2.28 bits per heavy atom.